The number of rotatable bonds is 3. The SMILES string of the molecule is Cc1cc(S(=O)(=O)N2CCC(O)C2)cc([N+](=O)[O-])c1C. The molecule has 1 heterocycles. The minimum atomic E-state index is -3.80. The van der Waals surface area contributed by atoms with Gasteiger partial charge in [0.1, 0.15) is 0 Å². The normalized spacial score (nSPS) is 20.2. The van der Waals surface area contributed by atoms with Crippen LogP contribution in [0, 0.1) is 24.0 Å². The fourth-order valence-corrected chi connectivity index (χ4v) is 3.82. The van der Waals surface area contributed by atoms with Crippen molar-refractivity contribution in [2.24, 2.45) is 0 Å². The fraction of sp³-hybridized carbons (Fsp3) is 0.500. The minimum absolute atomic E-state index is 0.0308. The van der Waals surface area contributed by atoms with Crippen LogP contribution >= 0.6 is 0 Å². The molecule has 1 N–H and O–H groups in total. The molecule has 1 aromatic carbocycles. The quantitative estimate of drug-likeness (QED) is 0.662. The summed E-state index contributed by atoms with van der Waals surface area (Å²) in [5, 5.41) is 20.4. The van der Waals surface area contributed by atoms with Gasteiger partial charge in [-0.1, -0.05) is 0 Å². The summed E-state index contributed by atoms with van der Waals surface area (Å²) in [5.41, 5.74) is 0.802. The highest BCUT2D eigenvalue weighted by Crippen LogP contribution is 2.29. The van der Waals surface area contributed by atoms with E-state index in [1.54, 1.807) is 13.8 Å². The Kier molecular flexibility index (Phi) is 3.81. The van der Waals surface area contributed by atoms with Crippen molar-refractivity contribution in [1.82, 2.24) is 4.31 Å². The third-order valence-corrected chi connectivity index (χ3v) is 5.42. The van der Waals surface area contributed by atoms with Gasteiger partial charge in [0.05, 0.1) is 15.9 Å². The number of hydrogen-bond acceptors (Lipinski definition) is 5. The van der Waals surface area contributed by atoms with Gasteiger partial charge in [0, 0.05) is 24.7 Å². The third kappa shape index (κ3) is 2.54. The van der Waals surface area contributed by atoms with Gasteiger partial charge in [-0.05, 0) is 31.9 Å². The van der Waals surface area contributed by atoms with Crippen LogP contribution in [-0.2, 0) is 10.0 Å². The molecule has 0 aliphatic carbocycles. The topological polar surface area (TPSA) is 101 Å². The molecule has 7 nitrogen and oxygen atoms in total. The zero-order valence-corrected chi connectivity index (χ0v) is 12.1. The van der Waals surface area contributed by atoms with Gasteiger partial charge in [-0.15, -0.1) is 0 Å². The summed E-state index contributed by atoms with van der Waals surface area (Å²) in [4.78, 5) is 10.3. The van der Waals surface area contributed by atoms with E-state index in [0.717, 1.165) is 10.4 Å². The van der Waals surface area contributed by atoms with Crippen LogP contribution in [0.5, 0.6) is 0 Å². The van der Waals surface area contributed by atoms with Crippen molar-refractivity contribution < 1.29 is 18.4 Å². The zero-order chi connectivity index (χ0) is 15.1. The first kappa shape index (κ1) is 14.9. The Bertz CT molecular complexity index is 656. The number of β-amino-alcohol motifs (C(OH)–C–C–N with tert-alkyl or cyclic N) is 1. The summed E-state index contributed by atoms with van der Waals surface area (Å²) in [6.45, 7) is 3.48. The first-order valence-electron chi connectivity index (χ1n) is 6.17. The van der Waals surface area contributed by atoms with Gasteiger partial charge in [-0.2, -0.15) is 4.31 Å². The maximum atomic E-state index is 12.4. The molecule has 0 radical (unpaired) electrons. The number of aryl methyl sites for hydroxylation is 1. The molecule has 1 aliphatic rings. The second-order valence-corrected chi connectivity index (χ2v) is 6.88. The Hall–Kier alpha value is -1.51. The maximum Gasteiger partial charge on any atom is 0.273 e. The number of nitro benzene ring substituents is 1. The molecule has 1 saturated heterocycles. The first-order valence-corrected chi connectivity index (χ1v) is 7.61. The van der Waals surface area contributed by atoms with Gasteiger partial charge >= 0.3 is 0 Å². The van der Waals surface area contributed by atoms with Gasteiger partial charge in [0.15, 0.2) is 0 Å². The Morgan fingerprint density at radius 3 is 2.55 bits per heavy atom. The molecular formula is C12H16N2O5S. The summed E-state index contributed by atoms with van der Waals surface area (Å²) >= 11 is 0. The van der Waals surface area contributed by atoms with Gasteiger partial charge in [0.2, 0.25) is 10.0 Å². The molecule has 0 saturated carbocycles. The molecule has 0 bridgehead atoms. The van der Waals surface area contributed by atoms with E-state index in [0.29, 0.717) is 17.5 Å². The Balaban J connectivity index is 2.50. The van der Waals surface area contributed by atoms with Crippen molar-refractivity contribution in [2.75, 3.05) is 13.1 Å². The van der Waals surface area contributed by atoms with Crippen LogP contribution < -0.4 is 0 Å². The number of aliphatic hydroxyl groups excluding tert-OH is 1. The van der Waals surface area contributed by atoms with Crippen molar-refractivity contribution >= 4 is 15.7 Å². The lowest BCUT2D eigenvalue weighted by atomic mass is 10.1. The summed E-state index contributed by atoms with van der Waals surface area (Å²) in [7, 11) is -3.80. The number of nitrogens with zero attached hydrogens (tertiary/aromatic N) is 2. The molecule has 8 heteroatoms. The lowest BCUT2D eigenvalue weighted by molar-refractivity contribution is -0.385. The van der Waals surface area contributed by atoms with Crippen LogP contribution in [0.1, 0.15) is 17.5 Å². The van der Waals surface area contributed by atoms with Gasteiger partial charge in [0.25, 0.3) is 5.69 Å². The second kappa shape index (κ2) is 5.12. The molecule has 1 unspecified atom stereocenters. The van der Waals surface area contributed by atoms with E-state index in [4.69, 9.17) is 0 Å². The zero-order valence-electron chi connectivity index (χ0n) is 11.2. The van der Waals surface area contributed by atoms with Crippen LogP contribution in [0.25, 0.3) is 0 Å². The summed E-state index contributed by atoms with van der Waals surface area (Å²) < 4.78 is 26.0. The molecule has 1 fully saturated rings. The lowest BCUT2D eigenvalue weighted by Gasteiger charge is -2.16. The molecule has 2 rings (SSSR count). The summed E-state index contributed by atoms with van der Waals surface area (Å²) in [6.07, 6.45) is -0.294. The highest BCUT2D eigenvalue weighted by atomic mass is 32.2. The number of hydrogen-bond donors (Lipinski definition) is 1. The van der Waals surface area contributed by atoms with Gasteiger partial charge in [-0.25, -0.2) is 8.42 Å². The van der Waals surface area contributed by atoms with Crippen molar-refractivity contribution in [3.8, 4) is 0 Å². The molecule has 1 aromatic rings. The predicted molar refractivity (Wildman–Crippen MR) is 72.0 cm³/mol. The largest absolute Gasteiger partial charge is 0.392 e. The monoisotopic (exact) mass is 300 g/mol. The number of aliphatic hydroxyl groups is 1. The molecule has 1 aliphatic heterocycles. The van der Waals surface area contributed by atoms with Crippen molar-refractivity contribution in [2.45, 2.75) is 31.3 Å². The minimum Gasteiger partial charge on any atom is -0.392 e. The Morgan fingerprint density at radius 2 is 2.05 bits per heavy atom. The highest BCUT2D eigenvalue weighted by molar-refractivity contribution is 7.89. The van der Waals surface area contributed by atoms with Gasteiger partial charge in [-0.3, -0.25) is 10.1 Å². The molecule has 0 amide bonds. The maximum absolute atomic E-state index is 12.4. The predicted octanol–water partition coefficient (Wildman–Crippen LogP) is 0.967. The molecule has 20 heavy (non-hydrogen) atoms. The molecule has 110 valence electrons. The average Bonchev–Trinajstić information content (AvgIpc) is 2.79. The first-order chi connectivity index (χ1) is 9.23. The molecule has 0 aromatic heterocycles. The van der Waals surface area contributed by atoms with E-state index < -0.39 is 21.1 Å². The van der Waals surface area contributed by atoms with Crippen molar-refractivity contribution in [1.29, 1.82) is 0 Å². The lowest BCUT2D eigenvalue weighted by Crippen LogP contribution is -2.29. The van der Waals surface area contributed by atoms with E-state index in [1.807, 2.05) is 0 Å². The van der Waals surface area contributed by atoms with E-state index >= 15 is 0 Å². The van der Waals surface area contributed by atoms with Crippen LogP contribution in [0.4, 0.5) is 5.69 Å². The van der Waals surface area contributed by atoms with Crippen molar-refractivity contribution in [3.63, 3.8) is 0 Å². The highest BCUT2D eigenvalue weighted by Gasteiger charge is 2.33. The van der Waals surface area contributed by atoms with Crippen molar-refractivity contribution in [3.05, 3.63) is 33.4 Å². The van der Waals surface area contributed by atoms with Crippen LogP contribution in [0.3, 0.4) is 0 Å². The summed E-state index contributed by atoms with van der Waals surface area (Å²) in [6, 6.07) is 2.52. The summed E-state index contributed by atoms with van der Waals surface area (Å²) in [5.74, 6) is 0. The van der Waals surface area contributed by atoms with E-state index in [1.165, 1.54) is 6.07 Å². The number of sulfonamides is 1. The Labute approximate surface area is 117 Å². The standard InChI is InChI=1S/C12H16N2O5S/c1-8-5-11(6-12(9(8)2)14(16)17)20(18,19)13-4-3-10(15)7-13/h5-6,10,15H,3-4,7H2,1-2H3. The smallest absolute Gasteiger partial charge is 0.273 e. The number of benzene rings is 1. The van der Waals surface area contributed by atoms with E-state index in [-0.39, 0.29) is 23.7 Å². The van der Waals surface area contributed by atoms with Gasteiger partial charge < -0.3 is 5.11 Å². The third-order valence-electron chi connectivity index (χ3n) is 3.57. The number of nitro groups is 1. The fourth-order valence-electron chi connectivity index (χ4n) is 2.22. The van der Waals surface area contributed by atoms with E-state index in [9.17, 15) is 23.6 Å². The van der Waals surface area contributed by atoms with E-state index in [2.05, 4.69) is 0 Å². The molecule has 1 atom stereocenters. The molecular weight excluding hydrogens is 284 g/mol. The Morgan fingerprint density at radius 1 is 1.40 bits per heavy atom. The molecule has 0 spiro atoms. The van der Waals surface area contributed by atoms with Crippen LogP contribution in [0.15, 0.2) is 17.0 Å². The average molecular weight is 300 g/mol. The van der Waals surface area contributed by atoms with Crippen LogP contribution in [-0.4, -0.2) is 41.9 Å². The second-order valence-electron chi connectivity index (χ2n) is 4.95. The van der Waals surface area contributed by atoms with Crippen LogP contribution in [0.2, 0.25) is 0 Å².